The Morgan fingerprint density at radius 1 is 1.60 bits per heavy atom. The number of esters is 1. The molecule has 1 rings (SSSR count). The summed E-state index contributed by atoms with van der Waals surface area (Å²) in [5.41, 5.74) is 6.07. The molecule has 0 aliphatic rings. The molecule has 1 aromatic heterocycles. The number of thiazole rings is 1. The highest BCUT2D eigenvalue weighted by Crippen LogP contribution is 2.20. The summed E-state index contributed by atoms with van der Waals surface area (Å²) in [6.07, 6.45) is 7.54. The molecule has 0 amide bonds. The lowest BCUT2D eigenvalue weighted by atomic mass is 10.3. The molecule has 0 fully saturated rings. The summed E-state index contributed by atoms with van der Waals surface area (Å²) >= 11 is 1.49. The number of allylic oxidation sites excluding steroid dienone is 2. The fourth-order valence-corrected chi connectivity index (χ4v) is 2.01. The van der Waals surface area contributed by atoms with Gasteiger partial charge in [-0.15, -0.1) is 0 Å². The Kier molecular flexibility index (Phi) is 7.23. The second-order valence-corrected chi connectivity index (χ2v) is 4.74. The third-order valence-corrected chi connectivity index (χ3v) is 3.01. The van der Waals surface area contributed by atoms with Gasteiger partial charge >= 0.3 is 5.97 Å². The molecule has 6 nitrogen and oxygen atoms in total. The van der Waals surface area contributed by atoms with E-state index in [9.17, 15) is 4.79 Å². The third-order valence-electron chi connectivity index (χ3n) is 2.11. The maximum Gasteiger partial charge on any atom is 0.330 e. The fraction of sp³-hybridized carbons (Fsp3) is 0.308. The van der Waals surface area contributed by atoms with Crippen LogP contribution in [0.15, 0.2) is 35.1 Å². The number of aliphatic imine (C=N–C) groups is 1. The normalized spacial score (nSPS) is 12.4. The summed E-state index contributed by atoms with van der Waals surface area (Å²) in [6, 6.07) is 0. The Labute approximate surface area is 122 Å². The van der Waals surface area contributed by atoms with Gasteiger partial charge in [0.1, 0.15) is 0 Å². The van der Waals surface area contributed by atoms with Gasteiger partial charge in [0.05, 0.1) is 6.61 Å². The lowest BCUT2D eigenvalue weighted by Crippen LogP contribution is -2.02. The van der Waals surface area contributed by atoms with Gasteiger partial charge in [-0.05, 0) is 20.0 Å². The van der Waals surface area contributed by atoms with Crippen molar-refractivity contribution in [1.29, 1.82) is 0 Å². The fourth-order valence-electron chi connectivity index (χ4n) is 1.24. The number of nitrogens with zero attached hydrogens (tertiary/aromatic N) is 2. The predicted octanol–water partition coefficient (Wildman–Crippen LogP) is 1.53. The highest BCUT2D eigenvalue weighted by atomic mass is 32.1. The van der Waals surface area contributed by atoms with Crippen LogP contribution in [0.5, 0.6) is 0 Å². The number of carbonyl (C=O) groups is 1. The molecule has 0 aliphatic heterocycles. The minimum atomic E-state index is -0.411. The Morgan fingerprint density at radius 2 is 2.40 bits per heavy atom. The Morgan fingerprint density at radius 3 is 3.05 bits per heavy atom. The number of carbonyl (C=O) groups excluding carboxylic acids is 1. The van der Waals surface area contributed by atoms with Crippen LogP contribution in [0.2, 0.25) is 0 Å². The van der Waals surface area contributed by atoms with Crippen LogP contribution < -0.4 is 11.1 Å². The number of hydrogen-bond acceptors (Lipinski definition) is 7. The van der Waals surface area contributed by atoms with Crippen molar-refractivity contribution in [2.75, 3.05) is 13.7 Å². The first-order valence-electron chi connectivity index (χ1n) is 6.09. The van der Waals surface area contributed by atoms with Crippen molar-refractivity contribution >= 4 is 28.7 Å². The zero-order valence-corrected chi connectivity index (χ0v) is 12.3. The number of rotatable bonds is 7. The van der Waals surface area contributed by atoms with E-state index in [2.05, 4.69) is 15.3 Å². The van der Waals surface area contributed by atoms with Crippen molar-refractivity contribution in [1.82, 2.24) is 10.3 Å². The number of aromatic nitrogens is 1. The minimum absolute atomic E-state index is 0.340. The monoisotopic (exact) mass is 294 g/mol. The van der Waals surface area contributed by atoms with Gasteiger partial charge in [0, 0.05) is 41.7 Å². The van der Waals surface area contributed by atoms with E-state index in [1.807, 2.05) is 7.05 Å². The number of nitrogens with one attached hydrogen (secondary N) is 1. The van der Waals surface area contributed by atoms with Crippen molar-refractivity contribution in [2.45, 2.75) is 13.5 Å². The molecule has 0 saturated carbocycles. The van der Waals surface area contributed by atoms with Crippen molar-refractivity contribution in [3.63, 3.8) is 0 Å². The number of nitrogens with two attached hydrogens (primary N) is 1. The summed E-state index contributed by atoms with van der Waals surface area (Å²) < 4.78 is 4.77. The van der Waals surface area contributed by atoms with E-state index in [4.69, 9.17) is 10.5 Å². The largest absolute Gasteiger partial charge is 0.463 e. The predicted molar refractivity (Wildman–Crippen MR) is 81.1 cm³/mol. The molecule has 3 N–H and O–H groups in total. The van der Waals surface area contributed by atoms with E-state index in [1.165, 1.54) is 23.6 Å². The van der Waals surface area contributed by atoms with Crippen LogP contribution in [-0.2, 0) is 16.1 Å². The molecular formula is C13H18N4O2S. The average molecular weight is 294 g/mol. The summed E-state index contributed by atoms with van der Waals surface area (Å²) in [5, 5.41) is 3.68. The van der Waals surface area contributed by atoms with Crippen LogP contribution >= 0.6 is 11.3 Å². The Hall–Kier alpha value is -1.99. The van der Waals surface area contributed by atoms with E-state index < -0.39 is 5.97 Å². The van der Waals surface area contributed by atoms with E-state index in [0.29, 0.717) is 17.3 Å². The molecule has 0 spiro atoms. The summed E-state index contributed by atoms with van der Waals surface area (Å²) in [7, 11) is 1.87. The van der Waals surface area contributed by atoms with E-state index >= 15 is 0 Å². The molecule has 0 aliphatic carbocycles. The highest BCUT2D eigenvalue weighted by molar-refractivity contribution is 7.15. The molecule has 0 atom stereocenters. The summed E-state index contributed by atoms with van der Waals surface area (Å²) in [6.45, 7) is 2.85. The van der Waals surface area contributed by atoms with Gasteiger partial charge in [0.2, 0.25) is 5.13 Å². The molecule has 7 heteroatoms. The molecule has 0 unspecified atom stereocenters. The second-order valence-electron chi connectivity index (χ2n) is 3.65. The van der Waals surface area contributed by atoms with Crippen molar-refractivity contribution in [3.8, 4) is 0 Å². The van der Waals surface area contributed by atoms with E-state index in [0.717, 1.165) is 11.4 Å². The molecule has 1 heterocycles. The van der Waals surface area contributed by atoms with Gasteiger partial charge < -0.3 is 15.8 Å². The second kappa shape index (κ2) is 9.00. The van der Waals surface area contributed by atoms with Crippen LogP contribution in [-0.4, -0.2) is 30.8 Å². The molecule has 0 saturated heterocycles. The molecule has 0 aromatic carbocycles. The van der Waals surface area contributed by atoms with Crippen molar-refractivity contribution in [3.05, 3.63) is 35.0 Å². The molecule has 108 valence electrons. The maximum atomic E-state index is 11.2. The van der Waals surface area contributed by atoms with Gasteiger partial charge in [-0.2, -0.15) is 0 Å². The van der Waals surface area contributed by atoms with Crippen LogP contribution in [0, 0.1) is 0 Å². The number of ether oxygens (including phenoxy) is 1. The van der Waals surface area contributed by atoms with E-state index in [-0.39, 0.29) is 0 Å². The van der Waals surface area contributed by atoms with Crippen LogP contribution in [0.25, 0.3) is 0 Å². The van der Waals surface area contributed by atoms with Gasteiger partial charge in [0.25, 0.3) is 0 Å². The molecule has 1 aromatic rings. The van der Waals surface area contributed by atoms with Crippen LogP contribution in [0.4, 0.5) is 5.13 Å². The van der Waals surface area contributed by atoms with Crippen molar-refractivity contribution in [2.24, 2.45) is 10.7 Å². The minimum Gasteiger partial charge on any atom is -0.463 e. The van der Waals surface area contributed by atoms with Gasteiger partial charge in [-0.25, -0.2) is 14.8 Å². The molecule has 0 radical (unpaired) electrons. The van der Waals surface area contributed by atoms with Gasteiger partial charge in [0.15, 0.2) is 0 Å². The first-order valence-corrected chi connectivity index (χ1v) is 6.91. The lowest BCUT2D eigenvalue weighted by Gasteiger charge is -1.95. The quantitative estimate of drug-likeness (QED) is 0.344. The van der Waals surface area contributed by atoms with Gasteiger partial charge in [-0.1, -0.05) is 11.3 Å². The lowest BCUT2D eigenvalue weighted by molar-refractivity contribution is -0.137. The van der Waals surface area contributed by atoms with Crippen molar-refractivity contribution < 1.29 is 9.53 Å². The number of hydrogen-bond donors (Lipinski definition) is 2. The first-order chi connectivity index (χ1) is 9.69. The van der Waals surface area contributed by atoms with Gasteiger partial charge in [-0.3, -0.25) is 0 Å². The molecule has 20 heavy (non-hydrogen) atoms. The topological polar surface area (TPSA) is 89.6 Å². The van der Waals surface area contributed by atoms with E-state index in [1.54, 1.807) is 25.4 Å². The average Bonchev–Trinajstić information content (AvgIpc) is 2.87. The standard InChI is InChI=1S/C13H18N4O2S/c1-3-19-12(18)5-4-10(6-14)7-16-13-17-9-11(20-13)8-15-2/h4-7,9,15H,3,8,14H2,1-2H3/b5-4+,10-6?,16-7?. The van der Waals surface area contributed by atoms with Crippen LogP contribution in [0.1, 0.15) is 11.8 Å². The summed E-state index contributed by atoms with van der Waals surface area (Å²) in [5.74, 6) is -0.411. The zero-order valence-electron chi connectivity index (χ0n) is 11.5. The zero-order chi connectivity index (χ0) is 14.8. The smallest absolute Gasteiger partial charge is 0.330 e. The highest BCUT2D eigenvalue weighted by Gasteiger charge is 1.99. The Bertz CT molecular complexity index is 520. The first kappa shape index (κ1) is 16.1. The Balaban J connectivity index is 2.63. The molecular weight excluding hydrogens is 276 g/mol. The summed E-state index contributed by atoms with van der Waals surface area (Å²) in [4.78, 5) is 20.6. The SMILES string of the molecule is CCOC(=O)/C=C/C(C=Nc1ncc(CNC)s1)=CN. The third kappa shape index (κ3) is 5.77. The maximum absolute atomic E-state index is 11.2. The molecule has 0 bridgehead atoms. The van der Waals surface area contributed by atoms with Crippen LogP contribution in [0.3, 0.4) is 0 Å².